The fraction of sp³-hybridized carbons (Fsp3) is 0.133. The van der Waals surface area contributed by atoms with Gasteiger partial charge in [-0.05, 0) is 18.2 Å². The average molecular weight is 265 g/mol. The van der Waals surface area contributed by atoms with E-state index in [0.29, 0.717) is 17.8 Å². The Morgan fingerprint density at radius 1 is 1.25 bits per heavy atom. The summed E-state index contributed by atoms with van der Waals surface area (Å²) in [5.41, 5.74) is 3.85. The largest absolute Gasteiger partial charge is 0.315 e. The van der Waals surface area contributed by atoms with Gasteiger partial charge in [-0.1, -0.05) is 6.07 Å². The lowest BCUT2D eigenvalue weighted by molar-refractivity contribution is -0.670. The van der Waals surface area contributed by atoms with Crippen LogP contribution in [0.5, 0.6) is 0 Å². The van der Waals surface area contributed by atoms with Crippen molar-refractivity contribution < 1.29 is 8.68 Å². The fourth-order valence-corrected chi connectivity index (χ4v) is 3.05. The van der Waals surface area contributed by atoms with Crippen molar-refractivity contribution in [2.24, 2.45) is 6.98 Å². The van der Waals surface area contributed by atoms with Gasteiger partial charge in [-0.15, -0.1) is 0 Å². The molecule has 5 nitrogen and oxygen atoms in total. The summed E-state index contributed by atoms with van der Waals surface area (Å²) in [6, 6.07) is 7.67. The van der Waals surface area contributed by atoms with Crippen LogP contribution in [0.25, 0.3) is 28.3 Å². The first-order valence-corrected chi connectivity index (χ1v) is 6.41. The van der Waals surface area contributed by atoms with Crippen LogP contribution < -0.4 is 4.57 Å². The van der Waals surface area contributed by atoms with E-state index in [0.717, 1.165) is 22.6 Å². The smallest absolute Gasteiger partial charge is 0.289 e. The molecule has 0 amide bonds. The van der Waals surface area contributed by atoms with Crippen LogP contribution in [0.3, 0.4) is 0 Å². The Morgan fingerprint density at radius 3 is 3.10 bits per heavy atom. The van der Waals surface area contributed by atoms with Gasteiger partial charge in [-0.3, -0.25) is 4.57 Å². The highest BCUT2D eigenvalue weighted by Crippen LogP contribution is 2.29. The molecule has 0 bridgehead atoms. The van der Waals surface area contributed by atoms with Crippen LogP contribution in [0.1, 0.15) is 9.68 Å². The van der Waals surface area contributed by atoms with Gasteiger partial charge in [-0.25, -0.2) is 14.5 Å². The number of aryl methyl sites for hydroxylation is 1. The van der Waals surface area contributed by atoms with E-state index in [-0.39, 0.29) is 0 Å². The molecular weight excluding hydrogens is 250 g/mol. The van der Waals surface area contributed by atoms with E-state index in [9.17, 15) is 0 Å². The van der Waals surface area contributed by atoms with Crippen molar-refractivity contribution in [2.75, 3.05) is 0 Å². The molecule has 5 heterocycles. The Kier molecular flexibility index (Phi) is 1.27. The summed E-state index contributed by atoms with van der Waals surface area (Å²) in [6.45, 7) is -1.60. The molecule has 0 saturated heterocycles. The number of pyridine rings is 2. The fourth-order valence-electron chi connectivity index (χ4n) is 3.05. The summed E-state index contributed by atoms with van der Waals surface area (Å²) in [6.07, 6.45) is 5.24. The summed E-state index contributed by atoms with van der Waals surface area (Å²) in [4.78, 5) is 8.78. The number of rotatable bonds is 0. The van der Waals surface area contributed by atoms with E-state index >= 15 is 0 Å². The maximum atomic E-state index is 7.87. The van der Waals surface area contributed by atoms with E-state index in [1.54, 1.807) is 12.4 Å². The lowest BCUT2D eigenvalue weighted by atomic mass is 10.2. The molecule has 0 spiro atoms. The maximum Gasteiger partial charge on any atom is 0.315 e. The molecule has 4 aromatic heterocycles. The number of imidazole rings is 2. The van der Waals surface area contributed by atoms with Crippen molar-refractivity contribution in [2.45, 2.75) is 6.54 Å². The minimum absolute atomic E-state index is 0.454. The predicted molar refractivity (Wildman–Crippen MR) is 74.2 cm³/mol. The minimum Gasteiger partial charge on any atom is -0.289 e. The number of nitrogens with zero attached hydrogens (tertiary/aromatic N) is 5. The second kappa shape index (κ2) is 3.25. The van der Waals surface area contributed by atoms with Crippen LogP contribution in [-0.4, -0.2) is 18.9 Å². The third kappa shape index (κ3) is 1.02. The highest BCUT2D eigenvalue weighted by atomic mass is 15.2. The van der Waals surface area contributed by atoms with Gasteiger partial charge in [-0.2, -0.15) is 4.40 Å². The molecule has 1 aliphatic heterocycles. The molecule has 1 aliphatic rings. The standard InChI is InChI=1S/C15H12N5/c1-18-12-9-19-8-10-4-2-6-16-13(10)15(19)20(12)11-5-3-7-17-14(11)18/h2-7,9H,8H2,1H3/q+1/i1D3. The van der Waals surface area contributed by atoms with E-state index in [1.807, 2.05) is 39.4 Å². The Morgan fingerprint density at radius 2 is 2.15 bits per heavy atom. The zero-order valence-corrected chi connectivity index (χ0v) is 10.5. The van der Waals surface area contributed by atoms with E-state index in [1.165, 1.54) is 4.57 Å². The molecule has 96 valence electrons. The normalized spacial score (nSPS) is 15.9. The van der Waals surface area contributed by atoms with Gasteiger partial charge < -0.3 is 0 Å². The quantitative estimate of drug-likeness (QED) is 0.398. The van der Waals surface area contributed by atoms with Crippen LogP contribution >= 0.6 is 0 Å². The molecular formula is C15H12N5+. The molecule has 0 atom stereocenters. The van der Waals surface area contributed by atoms with Gasteiger partial charge in [0.1, 0.15) is 6.54 Å². The summed E-state index contributed by atoms with van der Waals surface area (Å²) >= 11 is 0. The van der Waals surface area contributed by atoms with Crippen LogP contribution in [0.4, 0.5) is 0 Å². The molecule has 0 N–H and O–H groups in total. The molecule has 5 rings (SSSR count). The monoisotopic (exact) mass is 265 g/mol. The van der Waals surface area contributed by atoms with Gasteiger partial charge in [0.15, 0.2) is 23.1 Å². The summed E-state index contributed by atoms with van der Waals surface area (Å²) < 4.78 is 28.9. The number of aromatic nitrogens is 5. The van der Waals surface area contributed by atoms with E-state index < -0.39 is 6.98 Å². The first-order chi connectivity index (χ1) is 11.1. The van der Waals surface area contributed by atoms with Crippen LogP contribution in [-0.2, 0) is 13.5 Å². The SMILES string of the molecule is [2H]C([2H])([2H])n1c2ncccc2n2c3[n+](cc12)Cc1cccnc1-3. The molecule has 0 radical (unpaired) electrons. The van der Waals surface area contributed by atoms with Crippen molar-refractivity contribution in [3.05, 3.63) is 48.4 Å². The first-order valence-electron chi connectivity index (χ1n) is 7.91. The molecule has 4 aromatic rings. The second-order valence-electron chi connectivity index (χ2n) is 4.97. The van der Waals surface area contributed by atoms with Gasteiger partial charge in [0.05, 0.1) is 0 Å². The molecule has 0 saturated carbocycles. The third-order valence-electron chi connectivity index (χ3n) is 3.88. The lowest BCUT2D eigenvalue weighted by Crippen LogP contribution is -2.29. The maximum absolute atomic E-state index is 7.87. The summed E-state index contributed by atoms with van der Waals surface area (Å²) in [5.74, 6) is 0.900. The molecule has 0 fully saturated rings. The Balaban J connectivity index is 2.00. The predicted octanol–water partition coefficient (Wildman–Crippen LogP) is 1.54. The van der Waals surface area contributed by atoms with Crippen LogP contribution in [0, 0.1) is 0 Å². The number of hydrogen-bond acceptors (Lipinski definition) is 2. The van der Waals surface area contributed by atoms with Gasteiger partial charge in [0.2, 0.25) is 5.65 Å². The van der Waals surface area contributed by atoms with Crippen molar-refractivity contribution >= 4 is 16.8 Å². The molecule has 20 heavy (non-hydrogen) atoms. The summed E-state index contributed by atoms with van der Waals surface area (Å²) in [7, 11) is 0. The topological polar surface area (TPSA) is 39.0 Å². The summed E-state index contributed by atoms with van der Waals surface area (Å²) in [5, 5.41) is 0. The zero-order chi connectivity index (χ0) is 15.8. The van der Waals surface area contributed by atoms with Crippen molar-refractivity contribution in [3.63, 3.8) is 0 Å². The highest BCUT2D eigenvalue weighted by molar-refractivity contribution is 5.80. The first kappa shape index (κ1) is 7.79. The second-order valence-corrected chi connectivity index (χ2v) is 4.97. The highest BCUT2D eigenvalue weighted by Gasteiger charge is 2.34. The Labute approximate surface area is 119 Å². The minimum atomic E-state index is -2.29. The van der Waals surface area contributed by atoms with E-state index in [2.05, 4.69) is 9.97 Å². The van der Waals surface area contributed by atoms with Crippen molar-refractivity contribution in [3.8, 4) is 11.5 Å². The lowest BCUT2D eigenvalue weighted by Gasteiger charge is -1.91. The molecule has 0 aromatic carbocycles. The number of fused-ring (bicyclic) bond motifs is 7. The van der Waals surface area contributed by atoms with Crippen LogP contribution in [0.15, 0.2) is 42.9 Å². The van der Waals surface area contributed by atoms with Gasteiger partial charge in [0, 0.05) is 29.0 Å². The Bertz CT molecular complexity index is 1090. The Hall–Kier alpha value is -2.69. The van der Waals surface area contributed by atoms with Gasteiger partial charge >= 0.3 is 5.82 Å². The zero-order valence-electron chi connectivity index (χ0n) is 13.5. The van der Waals surface area contributed by atoms with E-state index in [4.69, 9.17) is 4.11 Å². The van der Waals surface area contributed by atoms with Gasteiger partial charge in [0.25, 0.3) is 0 Å². The molecule has 0 aliphatic carbocycles. The van der Waals surface area contributed by atoms with Crippen molar-refractivity contribution in [1.82, 2.24) is 18.9 Å². The molecule has 0 unspecified atom stereocenters. The molecule has 5 heteroatoms. The number of hydrogen-bond donors (Lipinski definition) is 0. The third-order valence-corrected chi connectivity index (χ3v) is 3.88. The van der Waals surface area contributed by atoms with Crippen molar-refractivity contribution in [1.29, 1.82) is 0 Å². The average Bonchev–Trinajstić information content (AvgIpc) is 3.11. The van der Waals surface area contributed by atoms with Crippen LogP contribution in [0.2, 0.25) is 0 Å².